The van der Waals surface area contributed by atoms with E-state index in [9.17, 15) is 14.4 Å². The van der Waals surface area contributed by atoms with E-state index in [1.807, 2.05) is 0 Å². The molecule has 0 aliphatic heterocycles. The van der Waals surface area contributed by atoms with E-state index in [2.05, 4.69) is 5.32 Å². The van der Waals surface area contributed by atoms with Crippen LogP contribution in [-0.2, 0) is 27.4 Å². The fourth-order valence-electron chi connectivity index (χ4n) is 1.83. The molecule has 0 atom stereocenters. The summed E-state index contributed by atoms with van der Waals surface area (Å²) >= 11 is 11.8. The first-order chi connectivity index (χ1) is 11.5. The number of nitrogens with one attached hydrogen (secondary N) is 1. The van der Waals surface area contributed by atoms with E-state index >= 15 is 0 Å². The van der Waals surface area contributed by atoms with Crippen molar-refractivity contribution in [1.82, 2.24) is 9.88 Å². The van der Waals surface area contributed by atoms with Crippen LogP contribution in [0.3, 0.4) is 0 Å². The number of benzene rings is 1. The van der Waals surface area contributed by atoms with Gasteiger partial charge in [-0.15, -0.1) is 0 Å². The molecule has 1 heterocycles. The van der Waals surface area contributed by atoms with E-state index < -0.39 is 18.5 Å². The molecule has 0 aliphatic carbocycles. The Kier molecular flexibility index (Phi) is 6.40. The number of rotatable bonds is 6. The lowest BCUT2D eigenvalue weighted by atomic mass is 10.2. The number of hydrogen-bond donors (Lipinski definition) is 1. The van der Waals surface area contributed by atoms with E-state index in [0.717, 1.165) is 0 Å². The van der Waals surface area contributed by atoms with Crippen molar-refractivity contribution in [2.24, 2.45) is 0 Å². The zero-order chi connectivity index (χ0) is 17.5. The first kappa shape index (κ1) is 18.0. The highest BCUT2D eigenvalue weighted by molar-refractivity contribution is 6.35. The lowest BCUT2D eigenvalue weighted by Gasteiger charge is -2.09. The largest absolute Gasteiger partial charge is 0.454 e. The molecule has 24 heavy (non-hydrogen) atoms. The van der Waals surface area contributed by atoms with Crippen molar-refractivity contribution in [3.63, 3.8) is 0 Å². The minimum absolute atomic E-state index is 0.185. The van der Waals surface area contributed by atoms with Crippen LogP contribution in [0.25, 0.3) is 0 Å². The summed E-state index contributed by atoms with van der Waals surface area (Å²) in [5, 5.41) is 3.51. The van der Waals surface area contributed by atoms with Gasteiger partial charge in [-0.05, 0) is 23.8 Å². The van der Waals surface area contributed by atoms with Gasteiger partial charge in [0.15, 0.2) is 6.61 Å². The molecule has 8 heteroatoms. The molecule has 2 rings (SSSR count). The molecule has 0 aliphatic rings. The van der Waals surface area contributed by atoms with Crippen molar-refractivity contribution < 1.29 is 14.3 Å². The normalized spacial score (nSPS) is 10.2. The number of aromatic nitrogens is 1. The van der Waals surface area contributed by atoms with Crippen LogP contribution >= 0.6 is 23.2 Å². The van der Waals surface area contributed by atoms with Gasteiger partial charge in [0.05, 0.1) is 0 Å². The zero-order valence-electron chi connectivity index (χ0n) is 12.5. The predicted octanol–water partition coefficient (Wildman–Crippen LogP) is 2.01. The second kappa shape index (κ2) is 8.52. The zero-order valence-corrected chi connectivity index (χ0v) is 14.0. The van der Waals surface area contributed by atoms with Crippen molar-refractivity contribution in [3.05, 3.63) is 68.6 Å². The van der Waals surface area contributed by atoms with Crippen molar-refractivity contribution in [1.29, 1.82) is 0 Å². The molecule has 2 aromatic rings. The number of carbonyl (C=O) groups is 2. The third-order valence-electron chi connectivity index (χ3n) is 3.05. The average Bonchev–Trinajstić information content (AvgIpc) is 2.54. The topological polar surface area (TPSA) is 77.4 Å². The highest BCUT2D eigenvalue weighted by atomic mass is 35.5. The van der Waals surface area contributed by atoms with Crippen LogP contribution < -0.4 is 10.9 Å². The first-order valence-electron chi connectivity index (χ1n) is 6.97. The number of halogens is 2. The molecular formula is C16H14Cl2N2O4. The molecule has 0 unspecified atom stereocenters. The Labute approximate surface area is 147 Å². The smallest absolute Gasteiger partial charge is 0.326 e. The number of nitrogens with zero attached hydrogens (tertiary/aromatic N) is 1. The minimum Gasteiger partial charge on any atom is -0.454 e. The summed E-state index contributed by atoms with van der Waals surface area (Å²) in [7, 11) is 0. The number of amides is 1. The van der Waals surface area contributed by atoms with Gasteiger partial charge < -0.3 is 14.6 Å². The Morgan fingerprint density at radius 2 is 1.96 bits per heavy atom. The van der Waals surface area contributed by atoms with Crippen LogP contribution in [0, 0.1) is 0 Å². The van der Waals surface area contributed by atoms with Crippen molar-refractivity contribution >= 4 is 35.1 Å². The average molecular weight is 369 g/mol. The SMILES string of the molecule is O=C(COC(=O)Cn1ccccc1=O)NCc1ccc(Cl)cc1Cl. The number of esters is 1. The Hall–Kier alpha value is -2.31. The molecule has 0 saturated heterocycles. The van der Waals surface area contributed by atoms with Gasteiger partial charge in [0.2, 0.25) is 0 Å². The standard InChI is InChI=1S/C16H14Cl2N2O4/c17-12-5-4-11(13(18)7-12)8-19-14(21)10-24-16(23)9-20-6-2-1-3-15(20)22/h1-7H,8-10H2,(H,19,21). The lowest BCUT2D eigenvalue weighted by Crippen LogP contribution is -2.30. The van der Waals surface area contributed by atoms with E-state index in [1.165, 1.54) is 16.8 Å². The van der Waals surface area contributed by atoms with Gasteiger partial charge in [0.25, 0.3) is 11.5 Å². The molecule has 0 fully saturated rings. The number of pyridine rings is 1. The molecule has 1 aromatic carbocycles. The molecule has 1 amide bonds. The quantitative estimate of drug-likeness (QED) is 0.791. The summed E-state index contributed by atoms with van der Waals surface area (Å²) in [6.07, 6.45) is 1.46. The molecule has 6 nitrogen and oxygen atoms in total. The number of hydrogen-bond acceptors (Lipinski definition) is 4. The fourth-order valence-corrected chi connectivity index (χ4v) is 2.31. The monoisotopic (exact) mass is 368 g/mol. The summed E-state index contributed by atoms with van der Waals surface area (Å²) < 4.78 is 6.02. The van der Waals surface area contributed by atoms with Crippen LogP contribution in [-0.4, -0.2) is 23.1 Å². The predicted molar refractivity (Wildman–Crippen MR) is 90.0 cm³/mol. The van der Waals surface area contributed by atoms with Crippen LogP contribution in [0.15, 0.2) is 47.4 Å². The van der Waals surface area contributed by atoms with Crippen LogP contribution in [0.1, 0.15) is 5.56 Å². The van der Waals surface area contributed by atoms with E-state index in [0.29, 0.717) is 15.6 Å². The second-order valence-electron chi connectivity index (χ2n) is 4.84. The van der Waals surface area contributed by atoms with Gasteiger partial charge in [-0.1, -0.05) is 35.3 Å². The number of carbonyl (C=O) groups excluding carboxylic acids is 2. The molecule has 0 spiro atoms. The summed E-state index contributed by atoms with van der Waals surface area (Å²) in [5.74, 6) is -1.15. The van der Waals surface area contributed by atoms with Crippen molar-refractivity contribution in [2.75, 3.05) is 6.61 Å². The molecule has 126 valence electrons. The number of ether oxygens (including phenoxy) is 1. The third kappa shape index (κ3) is 5.40. The lowest BCUT2D eigenvalue weighted by molar-refractivity contribution is -0.149. The van der Waals surface area contributed by atoms with Gasteiger partial charge in [-0.3, -0.25) is 14.4 Å². The highest BCUT2D eigenvalue weighted by Crippen LogP contribution is 2.20. The molecule has 1 N–H and O–H groups in total. The van der Waals surface area contributed by atoms with Gasteiger partial charge >= 0.3 is 5.97 Å². The van der Waals surface area contributed by atoms with Gasteiger partial charge in [0, 0.05) is 28.9 Å². The van der Waals surface area contributed by atoms with Crippen molar-refractivity contribution in [3.8, 4) is 0 Å². The maximum atomic E-state index is 11.7. The Bertz CT molecular complexity index is 805. The van der Waals surface area contributed by atoms with Crippen LogP contribution in [0.4, 0.5) is 0 Å². The highest BCUT2D eigenvalue weighted by Gasteiger charge is 2.09. The van der Waals surface area contributed by atoms with Crippen LogP contribution in [0.5, 0.6) is 0 Å². The van der Waals surface area contributed by atoms with Gasteiger partial charge in [-0.2, -0.15) is 0 Å². The summed E-state index contributed by atoms with van der Waals surface area (Å²) in [5.41, 5.74) is 0.368. The Morgan fingerprint density at radius 3 is 2.67 bits per heavy atom. The molecule has 1 aromatic heterocycles. The maximum absolute atomic E-state index is 11.7. The molecule has 0 saturated carbocycles. The van der Waals surface area contributed by atoms with E-state index in [1.54, 1.807) is 30.3 Å². The second-order valence-corrected chi connectivity index (χ2v) is 5.68. The van der Waals surface area contributed by atoms with E-state index in [-0.39, 0.29) is 18.6 Å². The summed E-state index contributed by atoms with van der Waals surface area (Å²) in [6.45, 7) is -0.508. The molecular weight excluding hydrogens is 355 g/mol. The van der Waals surface area contributed by atoms with Gasteiger partial charge in [0.1, 0.15) is 6.54 Å². The summed E-state index contributed by atoms with van der Waals surface area (Å²) in [4.78, 5) is 34.8. The molecule has 0 radical (unpaired) electrons. The van der Waals surface area contributed by atoms with Gasteiger partial charge in [-0.25, -0.2) is 0 Å². The summed E-state index contributed by atoms with van der Waals surface area (Å²) in [6, 6.07) is 9.44. The van der Waals surface area contributed by atoms with Crippen molar-refractivity contribution in [2.45, 2.75) is 13.1 Å². The fraction of sp³-hybridized carbons (Fsp3) is 0.188. The van der Waals surface area contributed by atoms with E-state index in [4.69, 9.17) is 27.9 Å². The third-order valence-corrected chi connectivity index (χ3v) is 3.64. The Balaban J connectivity index is 1.77. The minimum atomic E-state index is -0.678. The molecule has 0 bridgehead atoms. The van der Waals surface area contributed by atoms with Crippen LogP contribution in [0.2, 0.25) is 10.0 Å². The Morgan fingerprint density at radius 1 is 1.17 bits per heavy atom. The maximum Gasteiger partial charge on any atom is 0.326 e. The first-order valence-corrected chi connectivity index (χ1v) is 7.73.